The summed E-state index contributed by atoms with van der Waals surface area (Å²) in [5.41, 5.74) is 5.71. The molecule has 1 aliphatic carbocycles. The number of halogens is 1. The van der Waals surface area contributed by atoms with Gasteiger partial charge in [-0.3, -0.25) is 0 Å². The molecule has 0 bridgehead atoms. The van der Waals surface area contributed by atoms with E-state index in [0.29, 0.717) is 34.0 Å². The third-order valence-corrected chi connectivity index (χ3v) is 4.40. The van der Waals surface area contributed by atoms with Crippen LogP contribution in [0.25, 0.3) is 10.8 Å². The van der Waals surface area contributed by atoms with E-state index in [4.69, 9.17) is 26.5 Å². The fraction of sp³-hybridized carbons (Fsp3) is 0.438. The van der Waals surface area contributed by atoms with Crippen LogP contribution >= 0.6 is 11.6 Å². The van der Waals surface area contributed by atoms with Gasteiger partial charge in [0.25, 0.3) is 0 Å². The van der Waals surface area contributed by atoms with Gasteiger partial charge < -0.3 is 14.9 Å². The van der Waals surface area contributed by atoms with E-state index in [0.717, 1.165) is 12.8 Å². The van der Waals surface area contributed by atoms with Crippen LogP contribution in [0.15, 0.2) is 27.4 Å². The molecule has 1 aliphatic rings. The van der Waals surface area contributed by atoms with E-state index in [1.165, 1.54) is 19.3 Å². The maximum absolute atomic E-state index is 12.0. The molecule has 1 saturated carbocycles. The minimum absolute atomic E-state index is 0.115. The van der Waals surface area contributed by atoms with Crippen molar-refractivity contribution in [3.05, 3.63) is 33.6 Å². The highest BCUT2D eigenvalue weighted by molar-refractivity contribution is 6.36. The highest BCUT2D eigenvalue weighted by atomic mass is 35.5. The molecule has 1 fully saturated rings. The molecule has 0 amide bonds. The van der Waals surface area contributed by atoms with E-state index in [1.807, 2.05) is 0 Å². The largest absolute Gasteiger partial charge is 0.464 e. The highest BCUT2D eigenvalue weighted by Gasteiger charge is 2.18. The molecule has 0 aliphatic heterocycles. The Kier molecular flexibility index (Phi) is 4.06. The number of nitrogen functional groups attached to an aromatic ring is 1. The van der Waals surface area contributed by atoms with Crippen LogP contribution in [-0.2, 0) is 0 Å². The molecule has 0 saturated heterocycles. The first-order chi connectivity index (χ1) is 10.1. The Morgan fingerprint density at radius 2 is 2.00 bits per heavy atom. The first-order valence-electron chi connectivity index (χ1n) is 7.30. The predicted molar refractivity (Wildman–Crippen MR) is 84.0 cm³/mol. The Bertz CT molecular complexity index is 704. The molecule has 2 N–H and O–H groups in total. The molecule has 0 radical (unpaired) electrons. The Balaban J connectivity index is 1.87. The van der Waals surface area contributed by atoms with Crippen LogP contribution < -0.4 is 16.1 Å². The summed E-state index contributed by atoms with van der Waals surface area (Å²) in [5.74, 6) is 0.631. The lowest BCUT2D eigenvalue weighted by molar-refractivity contribution is 0.167. The minimum atomic E-state index is -0.472. The highest BCUT2D eigenvalue weighted by Crippen LogP contribution is 2.32. The minimum Gasteiger partial charge on any atom is -0.464 e. The average molecular weight is 308 g/mol. The van der Waals surface area contributed by atoms with Gasteiger partial charge in [-0.05, 0) is 30.9 Å². The first kappa shape index (κ1) is 14.3. The Morgan fingerprint density at radius 3 is 2.76 bits per heavy atom. The number of hydrogen-bond acceptors (Lipinski definition) is 4. The fourth-order valence-corrected chi connectivity index (χ4v) is 3.11. The molecule has 3 rings (SSSR count). The number of nitrogens with two attached hydrogens (primary N) is 1. The SMILES string of the molecule is Nc1ccc2c(Cl)c(OCC3CCCCC3)oc(=O)c2c1. The predicted octanol–water partition coefficient (Wildman–Crippen LogP) is 3.99. The third-order valence-electron chi connectivity index (χ3n) is 4.04. The smallest absolute Gasteiger partial charge is 0.346 e. The fourth-order valence-electron chi connectivity index (χ4n) is 2.86. The summed E-state index contributed by atoms with van der Waals surface area (Å²) in [4.78, 5) is 12.0. The van der Waals surface area contributed by atoms with Gasteiger partial charge in [0, 0.05) is 11.1 Å². The second-order valence-electron chi connectivity index (χ2n) is 5.61. The van der Waals surface area contributed by atoms with Gasteiger partial charge in [0.05, 0.1) is 12.0 Å². The lowest BCUT2D eigenvalue weighted by Crippen LogP contribution is -2.16. The molecule has 1 aromatic carbocycles. The van der Waals surface area contributed by atoms with Crippen LogP contribution in [0.2, 0.25) is 5.02 Å². The average Bonchev–Trinajstić information content (AvgIpc) is 2.50. The van der Waals surface area contributed by atoms with E-state index in [-0.39, 0.29) is 5.95 Å². The van der Waals surface area contributed by atoms with Gasteiger partial charge in [0.2, 0.25) is 0 Å². The molecule has 4 nitrogen and oxygen atoms in total. The molecular formula is C16H18ClNO3. The molecule has 0 unspecified atom stereocenters. The van der Waals surface area contributed by atoms with Crippen molar-refractivity contribution >= 4 is 28.1 Å². The van der Waals surface area contributed by atoms with Crippen molar-refractivity contribution in [3.8, 4) is 5.95 Å². The molecule has 0 spiro atoms. The standard InChI is InChI=1S/C16H18ClNO3/c17-14-12-7-6-11(18)8-13(12)15(19)21-16(14)20-9-10-4-2-1-3-5-10/h6-8,10H,1-5,9,18H2. The summed E-state index contributed by atoms with van der Waals surface area (Å²) in [5, 5.41) is 1.33. The number of fused-ring (bicyclic) bond motifs is 1. The van der Waals surface area contributed by atoms with Crippen molar-refractivity contribution < 1.29 is 9.15 Å². The number of ether oxygens (including phenoxy) is 1. The van der Waals surface area contributed by atoms with Gasteiger partial charge >= 0.3 is 11.6 Å². The number of hydrogen-bond donors (Lipinski definition) is 1. The van der Waals surface area contributed by atoms with Crippen molar-refractivity contribution in [2.75, 3.05) is 12.3 Å². The number of anilines is 1. The Morgan fingerprint density at radius 1 is 1.24 bits per heavy atom. The van der Waals surface area contributed by atoms with Crippen molar-refractivity contribution in [1.82, 2.24) is 0 Å². The molecule has 2 aromatic rings. The Hall–Kier alpha value is -1.68. The van der Waals surface area contributed by atoms with Gasteiger partial charge in [-0.2, -0.15) is 0 Å². The molecule has 0 atom stereocenters. The van der Waals surface area contributed by atoms with Crippen LogP contribution in [0.4, 0.5) is 5.69 Å². The summed E-state index contributed by atoms with van der Waals surface area (Å²) in [6, 6.07) is 4.99. The van der Waals surface area contributed by atoms with E-state index >= 15 is 0 Å². The van der Waals surface area contributed by atoms with Crippen LogP contribution in [0.5, 0.6) is 5.95 Å². The normalized spacial score (nSPS) is 16.2. The molecule has 5 heteroatoms. The zero-order valence-electron chi connectivity index (χ0n) is 11.7. The third kappa shape index (κ3) is 3.00. The zero-order chi connectivity index (χ0) is 14.8. The van der Waals surface area contributed by atoms with Crippen LogP contribution in [0, 0.1) is 5.92 Å². The molecule has 112 valence electrons. The summed E-state index contributed by atoms with van der Waals surface area (Å²) < 4.78 is 10.9. The monoisotopic (exact) mass is 307 g/mol. The maximum Gasteiger partial charge on any atom is 0.346 e. The quantitative estimate of drug-likeness (QED) is 0.871. The topological polar surface area (TPSA) is 65.5 Å². The first-order valence-corrected chi connectivity index (χ1v) is 7.67. The van der Waals surface area contributed by atoms with E-state index in [2.05, 4.69) is 0 Å². The van der Waals surface area contributed by atoms with Gasteiger partial charge in [-0.1, -0.05) is 36.9 Å². The number of rotatable bonds is 3. The lowest BCUT2D eigenvalue weighted by Gasteiger charge is -2.21. The van der Waals surface area contributed by atoms with Crippen LogP contribution in [-0.4, -0.2) is 6.61 Å². The second kappa shape index (κ2) is 5.98. The molecule has 1 aromatic heterocycles. The lowest BCUT2D eigenvalue weighted by atomic mass is 9.90. The van der Waals surface area contributed by atoms with Crippen molar-refractivity contribution in [3.63, 3.8) is 0 Å². The van der Waals surface area contributed by atoms with Gasteiger partial charge in [0.1, 0.15) is 5.02 Å². The van der Waals surface area contributed by atoms with Gasteiger partial charge in [-0.25, -0.2) is 4.79 Å². The molecule has 21 heavy (non-hydrogen) atoms. The van der Waals surface area contributed by atoms with Gasteiger partial charge in [-0.15, -0.1) is 0 Å². The summed E-state index contributed by atoms with van der Waals surface area (Å²) >= 11 is 6.29. The van der Waals surface area contributed by atoms with Crippen molar-refractivity contribution in [1.29, 1.82) is 0 Å². The van der Waals surface area contributed by atoms with Crippen LogP contribution in [0.1, 0.15) is 32.1 Å². The van der Waals surface area contributed by atoms with Crippen molar-refractivity contribution in [2.24, 2.45) is 5.92 Å². The zero-order valence-corrected chi connectivity index (χ0v) is 12.5. The van der Waals surface area contributed by atoms with E-state index in [9.17, 15) is 4.79 Å². The molecule has 1 heterocycles. The molecular weight excluding hydrogens is 290 g/mol. The second-order valence-corrected chi connectivity index (χ2v) is 5.99. The summed E-state index contributed by atoms with van der Waals surface area (Å²) in [7, 11) is 0. The van der Waals surface area contributed by atoms with Gasteiger partial charge in [0.15, 0.2) is 0 Å². The maximum atomic E-state index is 12.0. The summed E-state index contributed by atoms with van der Waals surface area (Å²) in [6.07, 6.45) is 6.09. The summed E-state index contributed by atoms with van der Waals surface area (Å²) in [6.45, 7) is 0.545. The number of benzene rings is 1. The van der Waals surface area contributed by atoms with Crippen LogP contribution in [0.3, 0.4) is 0 Å². The van der Waals surface area contributed by atoms with E-state index in [1.54, 1.807) is 18.2 Å². The Labute approximate surface area is 127 Å². The van der Waals surface area contributed by atoms with Crippen molar-refractivity contribution in [2.45, 2.75) is 32.1 Å². The van der Waals surface area contributed by atoms with E-state index < -0.39 is 5.63 Å².